The van der Waals surface area contributed by atoms with Gasteiger partial charge in [-0.05, 0) is 35.7 Å². The molecule has 0 spiro atoms. The summed E-state index contributed by atoms with van der Waals surface area (Å²) in [5.74, 6) is -0.317. The van der Waals surface area contributed by atoms with Gasteiger partial charge >= 0.3 is 5.97 Å². The highest BCUT2D eigenvalue weighted by Crippen LogP contribution is 2.51. The fourth-order valence-electron chi connectivity index (χ4n) is 2.63. The second-order valence-electron chi connectivity index (χ2n) is 5.11. The largest absolute Gasteiger partial charge is 0.467 e. The van der Waals surface area contributed by atoms with Crippen LogP contribution in [0.3, 0.4) is 0 Å². The molecule has 0 aromatic heterocycles. The summed E-state index contributed by atoms with van der Waals surface area (Å²) in [6, 6.07) is 12.3. The van der Waals surface area contributed by atoms with Gasteiger partial charge in [0.2, 0.25) is 0 Å². The van der Waals surface area contributed by atoms with Crippen LogP contribution in [0.15, 0.2) is 36.4 Å². The second kappa shape index (κ2) is 4.07. The molecule has 1 aliphatic rings. The van der Waals surface area contributed by atoms with Crippen molar-refractivity contribution in [1.29, 1.82) is 0 Å². The topological polar surface area (TPSA) is 38.8 Å². The van der Waals surface area contributed by atoms with Gasteiger partial charge < -0.3 is 9.47 Å². The van der Waals surface area contributed by atoms with Crippen molar-refractivity contribution in [3.63, 3.8) is 0 Å². The highest BCUT2D eigenvalue weighted by Gasteiger charge is 2.60. The lowest BCUT2D eigenvalue weighted by atomic mass is 9.94. The summed E-state index contributed by atoms with van der Waals surface area (Å²) < 4.78 is 10.4. The van der Waals surface area contributed by atoms with Gasteiger partial charge in [0.25, 0.3) is 0 Å². The molecule has 0 saturated carbocycles. The number of carbonyl (C=O) groups is 1. The van der Waals surface area contributed by atoms with Crippen LogP contribution >= 0.6 is 0 Å². The Bertz CT molecular complexity index is 662. The van der Waals surface area contributed by atoms with Crippen molar-refractivity contribution in [2.75, 3.05) is 7.11 Å². The molecule has 3 nitrogen and oxygen atoms in total. The number of hydrogen-bond acceptors (Lipinski definition) is 3. The fraction of sp³-hybridized carbons (Fsp3) is 0.312. The molecule has 98 valence electrons. The number of carbonyl (C=O) groups excluding carboxylic acids is 1. The van der Waals surface area contributed by atoms with Crippen LogP contribution < -0.4 is 0 Å². The van der Waals surface area contributed by atoms with Crippen LogP contribution in [0.1, 0.15) is 24.2 Å². The molecular formula is C16H16O3. The number of methoxy groups -OCH3 is 1. The van der Waals surface area contributed by atoms with Crippen molar-refractivity contribution in [3.8, 4) is 0 Å². The summed E-state index contributed by atoms with van der Waals surface area (Å²) in [4.78, 5) is 11.7. The molecule has 0 bridgehead atoms. The van der Waals surface area contributed by atoms with Gasteiger partial charge in [-0.1, -0.05) is 36.4 Å². The third kappa shape index (κ3) is 1.73. The molecule has 0 radical (unpaired) electrons. The van der Waals surface area contributed by atoms with E-state index in [0.717, 1.165) is 10.9 Å². The molecule has 0 N–H and O–H groups in total. The molecule has 0 aliphatic carbocycles. The number of rotatable bonds is 2. The highest BCUT2D eigenvalue weighted by atomic mass is 16.7. The molecule has 2 atom stereocenters. The molecule has 3 heteroatoms. The first-order valence-corrected chi connectivity index (χ1v) is 6.32. The standard InChI is InChI=1S/C16H16O3/c1-10-8-9-13(12-7-5-4-6-11(10)12)14-16(2,19-14)15(17)18-3/h4-9,14H,1-3H3. The Morgan fingerprint density at radius 3 is 2.58 bits per heavy atom. The number of aryl methyl sites for hydroxylation is 1. The van der Waals surface area contributed by atoms with Crippen molar-refractivity contribution in [1.82, 2.24) is 0 Å². The minimum Gasteiger partial charge on any atom is -0.467 e. The van der Waals surface area contributed by atoms with Crippen LogP contribution in [0, 0.1) is 6.92 Å². The molecule has 1 fully saturated rings. The van der Waals surface area contributed by atoms with E-state index in [4.69, 9.17) is 9.47 Å². The van der Waals surface area contributed by atoms with Crippen molar-refractivity contribution in [2.45, 2.75) is 25.6 Å². The average Bonchev–Trinajstić information content (AvgIpc) is 3.12. The average molecular weight is 256 g/mol. The predicted octanol–water partition coefficient (Wildman–Crippen LogP) is 3.15. The smallest absolute Gasteiger partial charge is 0.340 e. The van der Waals surface area contributed by atoms with Gasteiger partial charge in [0.05, 0.1) is 7.11 Å². The van der Waals surface area contributed by atoms with Gasteiger partial charge in [-0.3, -0.25) is 0 Å². The van der Waals surface area contributed by atoms with Crippen LogP contribution in [0.25, 0.3) is 10.8 Å². The maximum Gasteiger partial charge on any atom is 0.340 e. The molecular weight excluding hydrogens is 240 g/mol. The Morgan fingerprint density at radius 2 is 1.89 bits per heavy atom. The number of hydrogen-bond donors (Lipinski definition) is 0. The van der Waals surface area contributed by atoms with Crippen LogP contribution in [0.4, 0.5) is 0 Å². The maximum absolute atomic E-state index is 11.7. The van der Waals surface area contributed by atoms with Gasteiger partial charge in [0.1, 0.15) is 6.10 Å². The minimum atomic E-state index is -0.840. The molecule has 0 amide bonds. The van der Waals surface area contributed by atoms with E-state index in [0.29, 0.717) is 0 Å². The summed E-state index contributed by atoms with van der Waals surface area (Å²) in [5.41, 5.74) is 1.43. The second-order valence-corrected chi connectivity index (χ2v) is 5.11. The van der Waals surface area contributed by atoms with Gasteiger partial charge in [-0.15, -0.1) is 0 Å². The molecule has 19 heavy (non-hydrogen) atoms. The number of epoxide rings is 1. The van der Waals surface area contributed by atoms with E-state index in [1.54, 1.807) is 6.92 Å². The first kappa shape index (κ1) is 12.2. The van der Waals surface area contributed by atoms with Crippen molar-refractivity contribution in [3.05, 3.63) is 47.5 Å². The lowest BCUT2D eigenvalue weighted by Crippen LogP contribution is -2.22. The number of fused-ring (bicyclic) bond motifs is 1. The molecule has 2 aromatic carbocycles. The molecule has 1 heterocycles. The zero-order valence-electron chi connectivity index (χ0n) is 11.3. The zero-order chi connectivity index (χ0) is 13.6. The molecule has 2 aromatic rings. The Balaban J connectivity index is 2.09. The van der Waals surface area contributed by atoms with Crippen LogP contribution in [0.2, 0.25) is 0 Å². The van der Waals surface area contributed by atoms with E-state index in [2.05, 4.69) is 25.1 Å². The SMILES string of the molecule is COC(=O)C1(C)OC1c1ccc(C)c2ccccc12. The van der Waals surface area contributed by atoms with Crippen LogP contribution in [-0.4, -0.2) is 18.7 Å². The van der Waals surface area contributed by atoms with Gasteiger partial charge in [0, 0.05) is 0 Å². The monoisotopic (exact) mass is 256 g/mol. The van der Waals surface area contributed by atoms with Gasteiger partial charge in [-0.2, -0.15) is 0 Å². The quantitative estimate of drug-likeness (QED) is 0.612. The van der Waals surface area contributed by atoms with Crippen LogP contribution in [0.5, 0.6) is 0 Å². The molecule has 2 unspecified atom stereocenters. The molecule has 1 aliphatic heterocycles. The van der Waals surface area contributed by atoms with Crippen molar-refractivity contribution < 1.29 is 14.3 Å². The van der Waals surface area contributed by atoms with Gasteiger partial charge in [0.15, 0.2) is 5.60 Å². The Hall–Kier alpha value is -1.87. The van der Waals surface area contributed by atoms with E-state index < -0.39 is 5.60 Å². The zero-order valence-corrected chi connectivity index (χ0v) is 11.3. The van der Waals surface area contributed by atoms with E-state index >= 15 is 0 Å². The minimum absolute atomic E-state index is 0.217. The fourth-order valence-corrected chi connectivity index (χ4v) is 2.63. The third-order valence-corrected chi connectivity index (χ3v) is 3.85. The van der Waals surface area contributed by atoms with E-state index in [1.165, 1.54) is 18.1 Å². The lowest BCUT2D eigenvalue weighted by molar-refractivity contribution is -0.146. The summed E-state index contributed by atoms with van der Waals surface area (Å²) in [7, 11) is 1.39. The first-order valence-electron chi connectivity index (χ1n) is 6.32. The van der Waals surface area contributed by atoms with E-state index in [1.807, 2.05) is 18.2 Å². The Morgan fingerprint density at radius 1 is 1.21 bits per heavy atom. The maximum atomic E-state index is 11.7. The lowest BCUT2D eigenvalue weighted by Gasteiger charge is -2.08. The van der Waals surface area contributed by atoms with Crippen molar-refractivity contribution in [2.24, 2.45) is 0 Å². The molecule has 3 rings (SSSR count). The summed E-state index contributed by atoms with van der Waals surface area (Å²) in [5, 5.41) is 2.34. The molecule has 1 saturated heterocycles. The summed E-state index contributed by atoms with van der Waals surface area (Å²) >= 11 is 0. The Labute approximate surface area is 112 Å². The number of ether oxygens (including phenoxy) is 2. The summed E-state index contributed by atoms with van der Waals surface area (Å²) in [6.45, 7) is 3.86. The van der Waals surface area contributed by atoms with E-state index in [9.17, 15) is 4.79 Å². The normalized spacial score (nSPS) is 25.3. The van der Waals surface area contributed by atoms with E-state index in [-0.39, 0.29) is 12.1 Å². The summed E-state index contributed by atoms with van der Waals surface area (Å²) in [6.07, 6.45) is -0.217. The Kier molecular flexibility index (Phi) is 2.61. The number of esters is 1. The number of benzene rings is 2. The third-order valence-electron chi connectivity index (χ3n) is 3.85. The van der Waals surface area contributed by atoms with Crippen LogP contribution in [-0.2, 0) is 14.3 Å². The highest BCUT2D eigenvalue weighted by molar-refractivity contribution is 5.91. The first-order chi connectivity index (χ1) is 9.08. The van der Waals surface area contributed by atoms with Crippen molar-refractivity contribution >= 4 is 16.7 Å². The van der Waals surface area contributed by atoms with Gasteiger partial charge in [-0.25, -0.2) is 4.79 Å². The predicted molar refractivity (Wildman–Crippen MR) is 72.9 cm³/mol.